The van der Waals surface area contributed by atoms with Crippen LogP contribution in [0.3, 0.4) is 0 Å². The molecule has 188 valence electrons. The van der Waals surface area contributed by atoms with Gasteiger partial charge in [-0.3, -0.25) is 4.79 Å². The molecule has 3 amide bonds. The Bertz CT molecular complexity index is 861. The number of hydrogen-bond acceptors (Lipinski definition) is 5. The fraction of sp³-hybridized carbons (Fsp3) is 0.692. The summed E-state index contributed by atoms with van der Waals surface area (Å²) in [6.07, 6.45) is 5.71. The highest BCUT2D eigenvalue weighted by Crippen LogP contribution is 2.46. The Kier molecular flexibility index (Phi) is 7.52. The maximum atomic E-state index is 13.5. The van der Waals surface area contributed by atoms with Crippen molar-refractivity contribution in [3.63, 3.8) is 0 Å². The molecule has 1 spiro atoms. The van der Waals surface area contributed by atoms with E-state index in [4.69, 9.17) is 15.2 Å². The molecule has 0 bridgehead atoms. The lowest BCUT2D eigenvalue weighted by Gasteiger charge is -2.48. The molecule has 3 aliphatic rings. The first-order chi connectivity index (χ1) is 16.1. The normalized spacial score (nSPS) is 26.9. The molecular weight excluding hydrogens is 446 g/mol. The molecule has 8 heteroatoms. The van der Waals surface area contributed by atoms with Gasteiger partial charge >= 0.3 is 6.03 Å². The van der Waals surface area contributed by atoms with Gasteiger partial charge in [0.1, 0.15) is 12.3 Å². The zero-order chi connectivity index (χ0) is 24.4. The fourth-order valence-corrected chi connectivity index (χ4v) is 6.01. The predicted molar refractivity (Wildman–Crippen MR) is 135 cm³/mol. The summed E-state index contributed by atoms with van der Waals surface area (Å²) in [7, 11) is -1.24. The minimum atomic E-state index is -1.24. The van der Waals surface area contributed by atoms with Crippen molar-refractivity contribution in [3.05, 3.63) is 35.9 Å². The SMILES string of the molecule is C[Si](C)(C)CCOCN1C(=O)N(CC2(OCc3ccccc3)CCC(N)CC2)C2(CCC2)C1=O. The average molecular weight is 488 g/mol. The lowest BCUT2D eigenvalue weighted by atomic mass is 9.74. The van der Waals surface area contributed by atoms with E-state index in [9.17, 15) is 9.59 Å². The molecule has 2 saturated carbocycles. The van der Waals surface area contributed by atoms with Gasteiger partial charge in [0.25, 0.3) is 5.91 Å². The summed E-state index contributed by atoms with van der Waals surface area (Å²) in [4.78, 5) is 30.1. The number of carbonyl (C=O) groups excluding carboxylic acids is 2. The predicted octanol–water partition coefficient (Wildman–Crippen LogP) is 4.34. The molecule has 34 heavy (non-hydrogen) atoms. The van der Waals surface area contributed by atoms with Gasteiger partial charge < -0.3 is 20.1 Å². The Morgan fingerprint density at radius 3 is 2.32 bits per heavy atom. The number of carbonyl (C=O) groups is 2. The highest BCUT2D eigenvalue weighted by atomic mass is 28.3. The maximum absolute atomic E-state index is 13.5. The van der Waals surface area contributed by atoms with Gasteiger partial charge in [-0.05, 0) is 56.6 Å². The van der Waals surface area contributed by atoms with E-state index in [1.54, 1.807) is 0 Å². The number of imide groups is 1. The number of nitrogens with zero attached hydrogens (tertiary/aromatic N) is 2. The molecule has 2 N–H and O–H groups in total. The van der Waals surface area contributed by atoms with Crippen molar-refractivity contribution in [2.75, 3.05) is 19.9 Å². The second-order valence-electron chi connectivity index (χ2n) is 11.6. The third-order valence-electron chi connectivity index (χ3n) is 7.79. The second-order valence-corrected chi connectivity index (χ2v) is 17.3. The van der Waals surface area contributed by atoms with Crippen LogP contribution in [-0.4, -0.2) is 66.9 Å². The van der Waals surface area contributed by atoms with Gasteiger partial charge in [-0.25, -0.2) is 9.69 Å². The monoisotopic (exact) mass is 487 g/mol. The summed E-state index contributed by atoms with van der Waals surface area (Å²) >= 11 is 0. The minimum absolute atomic E-state index is 0.0448. The van der Waals surface area contributed by atoms with Gasteiger partial charge in [0.2, 0.25) is 0 Å². The number of benzene rings is 1. The van der Waals surface area contributed by atoms with Gasteiger partial charge in [-0.15, -0.1) is 0 Å². The number of ether oxygens (including phenoxy) is 2. The van der Waals surface area contributed by atoms with Gasteiger partial charge in [0.05, 0.1) is 18.8 Å². The highest BCUT2D eigenvalue weighted by Gasteiger charge is 2.61. The molecule has 1 aromatic carbocycles. The lowest BCUT2D eigenvalue weighted by molar-refractivity contribution is -0.144. The number of rotatable bonds is 10. The van der Waals surface area contributed by atoms with Gasteiger partial charge in [0.15, 0.2) is 0 Å². The van der Waals surface area contributed by atoms with Gasteiger partial charge in [-0.2, -0.15) is 0 Å². The molecule has 1 aliphatic heterocycles. The van der Waals surface area contributed by atoms with Crippen molar-refractivity contribution in [1.29, 1.82) is 0 Å². The smallest absolute Gasteiger partial charge is 0.329 e. The standard InChI is InChI=1S/C26H41N3O4Si/c1-34(2,3)17-16-32-20-28-23(30)26(12-7-13-26)29(24(28)31)19-25(14-10-22(27)11-15-25)33-18-21-8-5-4-6-9-21/h4-6,8-9,22H,7,10-20,27H2,1-3H3. The van der Waals surface area contributed by atoms with Crippen molar-refractivity contribution in [2.24, 2.45) is 5.73 Å². The van der Waals surface area contributed by atoms with Crippen molar-refractivity contribution in [3.8, 4) is 0 Å². The topological polar surface area (TPSA) is 85.1 Å². The zero-order valence-corrected chi connectivity index (χ0v) is 22.1. The number of urea groups is 1. The average Bonchev–Trinajstić information content (AvgIpc) is 2.98. The quantitative estimate of drug-likeness (QED) is 0.301. The van der Waals surface area contributed by atoms with Crippen LogP contribution in [-0.2, 0) is 20.9 Å². The van der Waals surface area contributed by atoms with E-state index in [-0.39, 0.29) is 24.7 Å². The summed E-state index contributed by atoms with van der Waals surface area (Å²) in [5, 5.41) is 0. The molecule has 0 aromatic heterocycles. The highest BCUT2D eigenvalue weighted by molar-refractivity contribution is 6.76. The molecule has 1 aromatic rings. The molecule has 0 unspecified atom stereocenters. The molecule has 0 radical (unpaired) electrons. The Morgan fingerprint density at radius 2 is 1.74 bits per heavy atom. The van der Waals surface area contributed by atoms with Gasteiger partial charge in [0, 0.05) is 20.7 Å². The molecule has 7 nitrogen and oxygen atoms in total. The summed E-state index contributed by atoms with van der Waals surface area (Å²) < 4.78 is 12.4. The Hall–Kier alpha value is -1.74. The zero-order valence-electron chi connectivity index (χ0n) is 21.1. The van der Waals surface area contributed by atoms with E-state index in [0.29, 0.717) is 19.8 Å². The Labute approximate surface area is 205 Å². The minimum Gasteiger partial charge on any atom is -0.368 e. The molecule has 1 saturated heterocycles. The van der Waals surface area contributed by atoms with Crippen LogP contribution in [0, 0.1) is 0 Å². The van der Waals surface area contributed by atoms with Crippen LogP contribution in [0.5, 0.6) is 0 Å². The third-order valence-corrected chi connectivity index (χ3v) is 9.50. The van der Waals surface area contributed by atoms with Gasteiger partial charge in [-0.1, -0.05) is 50.0 Å². The first-order valence-electron chi connectivity index (χ1n) is 12.8. The second kappa shape index (κ2) is 10.1. The first-order valence-corrected chi connectivity index (χ1v) is 16.5. The first kappa shape index (κ1) is 25.4. The Morgan fingerprint density at radius 1 is 1.06 bits per heavy atom. The van der Waals surface area contributed by atoms with Crippen LogP contribution < -0.4 is 5.73 Å². The maximum Gasteiger partial charge on any atom is 0.329 e. The van der Waals surface area contributed by atoms with Crippen LogP contribution >= 0.6 is 0 Å². The molecule has 4 rings (SSSR count). The summed E-state index contributed by atoms with van der Waals surface area (Å²) in [6.45, 7) is 8.42. The van der Waals surface area contributed by atoms with Crippen molar-refractivity contribution in [1.82, 2.24) is 9.80 Å². The number of hydrogen-bond donors (Lipinski definition) is 1. The summed E-state index contributed by atoms with van der Waals surface area (Å²) in [5.41, 5.74) is 6.12. The van der Waals surface area contributed by atoms with E-state index >= 15 is 0 Å². The van der Waals surface area contributed by atoms with Crippen LogP contribution in [0.25, 0.3) is 0 Å². The van der Waals surface area contributed by atoms with E-state index in [2.05, 4.69) is 31.8 Å². The van der Waals surface area contributed by atoms with Crippen LogP contribution in [0.2, 0.25) is 25.7 Å². The van der Waals surface area contributed by atoms with Crippen LogP contribution in [0.1, 0.15) is 50.5 Å². The number of nitrogens with two attached hydrogens (primary N) is 1. The molecule has 2 aliphatic carbocycles. The van der Waals surface area contributed by atoms with E-state index in [1.807, 2.05) is 23.1 Å². The molecule has 3 fully saturated rings. The van der Waals surface area contributed by atoms with E-state index in [1.165, 1.54) is 4.90 Å². The summed E-state index contributed by atoms with van der Waals surface area (Å²) in [6, 6.07) is 11.1. The molecule has 0 atom stereocenters. The van der Waals surface area contributed by atoms with Crippen molar-refractivity contribution >= 4 is 20.0 Å². The van der Waals surface area contributed by atoms with E-state index in [0.717, 1.165) is 56.6 Å². The largest absolute Gasteiger partial charge is 0.368 e. The molecular formula is C26H41N3O4Si. The van der Waals surface area contributed by atoms with Crippen molar-refractivity contribution < 1.29 is 19.1 Å². The third kappa shape index (κ3) is 5.40. The molecule has 1 heterocycles. The fourth-order valence-electron chi connectivity index (χ4n) is 5.26. The van der Waals surface area contributed by atoms with Crippen molar-refractivity contribution in [2.45, 2.75) is 94.4 Å². The Balaban J connectivity index is 1.48. The lowest BCUT2D eigenvalue weighted by Crippen LogP contribution is -2.60. The summed E-state index contributed by atoms with van der Waals surface area (Å²) in [5.74, 6) is -0.0949. The van der Waals surface area contributed by atoms with Crippen LogP contribution in [0.15, 0.2) is 30.3 Å². The van der Waals surface area contributed by atoms with Crippen LogP contribution in [0.4, 0.5) is 4.79 Å². The van der Waals surface area contributed by atoms with E-state index < -0.39 is 19.2 Å². The number of amides is 3.